The zero-order valence-electron chi connectivity index (χ0n) is 17.0. The maximum Gasteiger partial charge on any atom is 0.258 e. The zero-order chi connectivity index (χ0) is 21.0. The lowest BCUT2D eigenvalue weighted by molar-refractivity contribution is 0.101. The fraction of sp³-hybridized carbons (Fsp3) is 0.217. The van der Waals surface area contributed by atoms with E-state index in [1.807, 2.05) is 30.3 Å². The molecule has 0 saturated heterocycles. The summed E-state index contributed by atoms with van der Waals surface area (Å²) < 4.78 is 0. The topological polar surface area (TPSA) is 84.0 Å². The van der Waals surface area contributed by atoms with Crippen molar-refractivity contribution in [1.82, 2.24) is 9.97 Å². The van der Waals surface area contributed by atoms with Crippen molar-refractivity contribution in [3.05, 3.63) is 77.6 Å². The van der Waals surface area contributed by atoms with Crippen LogP contribution in [-0.4, -0.2) is 21.7 Å². The van der Waals surface area contributed by atoms with Crippen molar-refractivity contribution < 1.29 is 9.59 Å². The molecule has 1 heterocycles. The first-order valence-corrected chi connectivity index (χ1v) is 9.35. The van der Waals surface area contributed by atoms with Gasteiger partial charge >= 0.3 is 0 Å². The molecule has 3 rings (SSSR count). The van der Waals surface area contributed by atoms with E-state index in [9.17, 15) is 9.59 Å². The quantitative estimate of drug-likeness (QED) is 0.603. The molecule has 0 aliphatic heterocycles. The fourth-order valence-corrected chi connectivity index (χ4v) is 2.90. The molecule has 0 fully saturated rings. The third-order valence-corrected chi connectivity index (χ3v) is 4.42. The Hall–Kier alpha value is -3.54. The van der Waals surface area contributed by atoms with E-state index in [2.05, 4.69) is 41.4 Å². The van der Waals surface area contributed by atoms with E-state index in [-0.39, 0.29) is 17.1 Å². The summed E-state index contributed by atoms with van der Waals surface area (Å²) in [5.41, 5.74) is 3.39. The van der Waals surface area contributed by atoms with Crippen LogP contribution in [0.25, 0.3) is 0 Å². The molecule has 1 aromatic heterocycles. The number of para-hydroxylation sites is 1. The van der Waals surface area contributed by atoms with Gasteiger partial charge in [0.1, 0.15) is 0 Å². The average molecular weight is 388 g/mol. The van der Waals surface area contributed by atoms with Gasteiger partial charge in [-0.05, 0) is 36.1 Å². The van der Waals surface area contributed by atoms with Gasteiger partial charge in [0.15, 0.2) is 5.78 Å². The van der Waals surface area contributed by atoms with E-state index >= 15 is 0 Å². The van der Waals surface area contributed by atoms with E-state index in [1.54, 1.807) is 18.2 Å². The van der Waals surface area contributed by atoms with E-state index < -0.39 is 0 Å². The standard InChI is InChI=1S/C23H24N4O2/c1-15(28)16-8-7-9-18(12-16)26-22-24-13-17(14-25-22)21(29)27-20-11-6-5-10-19(20)23(2,3)4/h5-14H,1-4H3,(H,27,29)(H,24,25,26). The summed E-state index contributed by atoms with van der Waals surface area (Å²) in [7, 11) is 0. The summed E-state index contributed by atoms with van der Waals surface area (Å²) in [5, 5.41) is 5.98. The number of hydrogen-bond acceptors (Lipinski definition) is 5. The molecule has 0 atom stereocenters. The number of ketones is 1. The summed E-state index contributed by atoms with van der Waals surface area (Å²) >= 11 is 0. The number of benzene rings is 2. The lowest BCUT2D eigenvalue weighted by Gasteiger charge is -2.22. The number of amides is 1. The van der Waals surface area contributed by atoms with Gasteiger partial charge in [-0.3, -0.25) is 9.59 Å². The molecule has 0 radical (unpaired) electrons. The number of anilines is 3. The molecule has 148 valence electrons. The van der Waals surface area contributed by atoms with Crippen LogP contribution < -0.4 is 10.6 Å². The van der Waals surface area contributed by atoms with E-state index in [1.165, 1.54) is 19.3 Å². The van der Waals surface area contributed by atoms with Crippen molar-refractivity contribution in [3.8, 4) is 0 Å². The predicted molar refractivity (Wildman–Crippen MR) is 115 cm³/mol. The molecule has 6 heteroatoms. The largest absolute Gasteiger partial charge is 0.324 e. The number of Topliss-reactive ketones (excluding diaryl/α,β-unsaturated/α-hetero) is 1. The van der Waals surface area contributed by atoms with Crippen molar-refractivity contribution in [3.63, 3.8) is 0 Å². The van der Waals surface area contributed by atoms with Crippen molar-refractivity contribution in [2.24, 2.45) is 0 Å². The van der Waals surface area contributed by atoms with Crippen LogP contribution in [0.2, 0.25) is 0 Å². The number of rotatable bonds is 5. The Labute approximate surface area is 170 Å². The highest BCUT2D eigenvalue weighted by Crippen LogP contribution is 2.29. The molecular weight excluding hydrogens is 364 g/mol. The monoisotopic (exact) mass is 388 g/mol. The lowest BCUT2D eigenvalue weighted by atomic mass is 9.86. The molecule has 3 aromatic rings. The highest BCUT2D eigenvalue weighted by Gasteiger charge is 2.19. The minimum atomic E-state index is -0.271. The van der Waals surface area contributed by atoms with Crippen LogP contribution in [0.3, 0.4) is 0 Å². The Balaban J connectivity index is 1.73. The third-order valence-electron chi connectivity index (χ3n) is 4.42. The SMILES string of the molecule is CC(=O)c1cccc(Nc2ncc(C(=O)Nc3ccccc3C(C)(C)C)cn2)c1. The van der Waals surface area contributed by atoms with Crippen LogP contribution in [0, 0.1) is 0 Å². The molecule has 0 bridgehead atoms. The third kappa shape index (κ3) is 5.04. The second kappa shape index (κ2) is 8.22. The van der Waals surface area contributed by atoms with Crippen molar-refractivity contribution in [2.45, 2.75) is 33.1 Å². The zero-order valence-corrected chi connectivity index (χ0v) is 17.0. The van der Waals surface area contributed by atoms with E-state index in [4.69, 9.17) is 0 Å². The van der Waals surface area contributed by atoms with Crippen LogP contribution in [0.15, 0.2) is 60.9 Å². The second-order valence-corrected chi connectivity index (χ2v) is 7.81. The number of nitrogens with zero attached hydrogens (tertiary/aromatic N) is 2. The maximum absolute atomic E-state index is 12.6. The van der Waals surface area contributed by atoms with Crippen LogP contribution in [0.5, 0.6) is 0 Å². The Morgan fingerprint density at radius 3 is 2.24 bits per heavy atom. The highest BCUT2D eigenvalue weighted by molar-refractivity contribution is 6.04. The summed E-state index contributed by atoms with van der Waals surface area (Å²) in [5.74, 6) is 0.0568. The Morgan fingerprint density at radius 1 is 0.897 bits per heavy atom. The van der Waals surface area contributed by atoms with Crippen molar-refractivity contribution in [1.29, 1.82) is 0 Å². The first-order valence-electron chi connectivity index (χ1n) is 9.35. The van der Waals surface area contributed by atoms with Gasteiger partial charge in [-0.2, -0.15) is 0 Å². The number of carbonyl (C=O) groups excluding carboxylic acids is 2. The first-order chi connectivity index (χ1) is 13.7. The maximum atomic E-state index is 12.6. The number of aromatic nitrogens is 2. The Morgan fingerprint density at radius 2 is 1.59 bits per heavy atom. The minimum absolute atomic E-state index is 0.0166. The molecule has 0 spiro atoms. The van der Waals surface area contributed by atoms with Crippen LogP contribution in [0.4, 0.5) is 17.3 Å². The lowest BCUT2D eigenvalue weighted by Crippen LogP contribution is -2.19. The fourth-order valence-electron chi connectivity index (χ4n) is 2.90. The molecule has 6 nitrogen and oxygen atoms in total. The number of hydrogen-bond donors (Lipinski definition) is 2. The number of carbonyl (C=O) groups is 2. The molecule has 0 unspecified atom stereocenters. The predicted octanol–water partition coefficient (Wildman–Crippen LogP) is 4.97. The normalized spacial score (nSPS) is 11.0. The van der Waals surface area contributed by atoms with Crippen molar-refractivity contribution in [2.75, 3.05) is 10.6 Å². The minimum Gasteiger partial charge on any atom is -0.324 e. The number of nitrogens with one attached hydrogen (secondary N) is 2. The smallest absolute Gasteiger partial charge is 0.258 e. The molecular formula is C23H24N4O2. The summed E-state index contributed by atoms with van der Waals surface area (Å²) in [6.07, 6.45) is 2.94. The average Bonchev–Trinajstić information content (AvgIpc) is 2.68. The molecule has 2 aromatic carbocycles. The van der Waals surface area contributed by atoms with Gasteiger partial charge in [-0.25, -0.2) is 9.97 Å². The van der Waals surface area contributed by atoms with Gasteiger partial charge in [-0.1, -0.05) is 51.1 Å². The van der Waals surface area contributed by atoms with Crippen LogP contribution in [-0.2, 0) is 5.41 Å². The molecule has 0 aliphatic carbocycles. The van der Waals surface area contributed by atoms with Crippen LogP contribution >= 0.6 is 0 Å². The van der Waals surface area contributed by atoms with Crippen LogP contribution in [0.1, 0.15) is 54.0 Å². The molecule has 0 aliphatic rings. The van der Waals surface area contributed by atoms with E-state index in [0.717, 1.165) is 11.3 Å². The second-order valence-electron chi connectivity index (χ2n) is 7.81. The Kier molecular flexibility index (Phi) is 5.73. The van der Waals surface area contributed by atoms with Gasteiger partial charge < -0.3 is 10.6 Å². The van der Waals surface area contributed by atoms with Gasteiger partial charge in [0, 0.05) is 29.3 Å². The highest BCUT2D eigenvalue weighted by atomic mass is 16.1. The summed E-state index contributed by atoms with van der Waals surface area (Å²) in [6, 6.07) is 14.8. The first kappa shape index (κ1) is 20.2. The Bertz CT molecular complexity index is 1040. The van der Waals surface area contributed by atoms with Gasteiger partial charge in [-0.15, -0.1) is 0 Å². The summed E-state index contributed by atoms with van der Waals surface area (Å²) in [4.78, 5) is 32.6. The summed E-state index contributed by atoms with van der Waals surface area (Å²) in [6.45, 7) is 7.81. The van der Waals surface area contributed by atoms with Gasteiger partial charge in [0.05, 0.1) is 5.56 Å². The molecule has 1 amide bonds. The molecule has 2 N–H and O–H groups in total. The molecule has 0 saturated carbocycles. The van der Waals surface area contributed by atoms with Crippen molar-refractivity contribution >= 4 is 29.0 Å². The van der Waals surface area contributed by atoms with E-state index in [0.29, 0.717) is 22.8 Å². The van der Waals surface area contributed by atoms with Gasteiger partial charge in [0.2, 0.25) is 5.95 Å². The molecule has 29 heavy (non-hydrogen) atoms. The van der Waals surface area contributed by atoms with Gasteiger partial charge in [0.25, 0.3) is 5.91 Å².